The van der Waals surface area contributed by atoms with Crippen LogP contribution in [0.4, 0.5) is 0 Å². The molecule has 4 rings (SSSR count). The second-order valence-electron chi connectivity index (χ2n) is 7.10. The largest absolute Gasteiger partial charge is 0.348 e. The molecule has 1 aromatic heterocycles. The van der Waals surface area contributed by atoms with E-state index in [-0.39, 0.29) is 24.5 Å². The van der Waals surface area contributed by atoms with Crippen LogP contribution in [0.5, 0.6) is 0 Å². The van der Waals surface area contributed by atoms with Crippen molar-refractivity contribution in [2.75, 3.05) is 6.54 Å². The number of hydrogen-bond donors (Lipinski definition) is 2. The molecule has 146 valence electrons. The second-order valence-corrected chi connectivity index (χ2v) is 8.08. The number of fused-ring (bicyclic) bond motifs is 1. The Morgan fingerprint density at radius 3 is 2.45 bits per heavy atom. The van der Waals surface area contributed by atoms with Crippen LogP contribution in [0.2, 0.25) is 0 Å². The minimum atomic E-state index is -0.0627. The van der Waals surface area contributed by atoms with E-state index in [0.717, 1.165) is 11.1 Å². The first-order valence-corrected chi connectivity index (χ1v) is 10.7. The number of hydrogen-bond acceptors (Lipinski definition) is 3. The van der Waals surface area contributed by atoms with Crippen molar-refractivity contribution in [3.63, 3.8) is 0 Å². The van der Waals surface area contributed by atoms with E-state index < -0.39 is 0 Å². The third-order valence-corrected chi connectivity index (χ3v) is 6.03. The quantitative estimate of drug-likeness (QED) is 0.433. The van der Waals surface area contributed by atoms with E-state index in [1.54, 1.807) is 11.3 Å². The summed E-state index contributed by atoms with van der Waals surface area (Å²) in [6.45, 7) is 2.29. The minimum absolute atomic E-state index is 0.00908. The van der Waals surface area contributed by atoms with Gasteiger partial charge in [0.05, 0.1) is 18.6 Å². The van der Waals surface area contributed by atoms with Crippen molar-refractivity contribution in [3.05, 3.63) is 106 Å². The highest BCUT2D eigenvalue weighted by Gasteiger charge is 2.17. The summed E-state index contributed by atoms with van der Waals surface area (Å²) in [4.78, 5) is 13.9. The normalized spacial score (nSPS) is 13.1. The van der Waals surface area contributed by atoms with Gasteiger partial charge in [-0.05, 0) is 40.3 Å². The lowest BCUT2D eigenvalue weighted by molar-refractivity contribution is -0.120. The molecule has 2 N–H and O–H groups in total. The highest BCUT2D eigenvalue weighted by molar-refractivity contribution is 7.10. The van der Waals surface area contributed by atoms with Crippen LogP contribution in [-0.2, 0) is 4.79 Å². The monoisotopic (exact) mass is 400 g/mol. The van der Waals surface area contributed by atoms with Crippen LogP contribution in [0, 0.1) is 0 Å². The van der Waals surface area contributed by atoms with Gasteiger partial charge in [0, 0.05) is 4.88 Å². The smallest absolute Gasteiger partial charge is 0.234 e. The first-order valence-electron chi connectivity index (χ1n) is 9.81. The van der Waals surface area contributed by atoms with E-state index in [4.69, 9.17) is 0 Å². The number of thiophene rings is 1. The molecule has 0 saturated carbocycles. The van der Waals surface area contributed by atoms with Gasteiger partial charge in [0.2, 0.25) is 5.91 Å². The maximum absolute atomic E-state index is 12.7. The van der Waals surface area contributed by atoms with Gasteiger partial charge in [0.15, 0.2) is 0 Å². The van der Waals surface area contributed by atoms with E-state index in [1.807, 2.05) is 49.4 Å². The van der Waals surface area contributed by atoms with E-state index in [0.29, 0.717) is 0 Å². The lowest BCUT2D eigenvalue weighted by Gasteiger charge is -2.20. The van der Waals surface area contributed by atoms with Crippen molar-refractivity contribution < 1.29 is 4.79 Å². The highest BCUT2D eigenvalue weighted by atomic mass is 32.1. The molecule has 0 unspecified atom stereocenters. The Balaban J connectivity index is 1.45. The Kier molecular flexibility index (Phi) is 6.03. The van der Waals surface area contributed by atoms with E-state index in [9.17, 15) is 4.79 Å². The lowest BCUT2D eigenvalue weighted by atomic mass is 10.00. The fraction of sp³-hybridized carbons (Fsp3) is 0.160. The third-order valence-electron chi connectivity index (χ3n) is 5.09. The van der Waals surface area contributed by atoms with Crippen LogP contribution in [0.1, 0.15) is 35.0 Å². The van der Waals surface area contributed by atoms with Crippen molar-refractivity contribution in [3.8, 4) is 0 Å². The SMILES string of the molecule is C[C@@H](NC(=O)CN[C@@H](c1ccccc1)c1cccs1)c1cccc2ccccc12. The molecule has 1 heterocycles. The molecule has 1 amide bonds. The Morgan fingerprint density at radius 1 is 0.897 bits per heavy atom. The maximum Gasteiger partial charge on any atom is 0.234 e. The average Bonchev–Trinajstić information content (AvgIpc) is 3.29. The summed E-state index contributed by atoms with van der Waals surface area (Å²) >= 11 is 1.70. The molecule has 4 aromatic rings. The molecule has 0 aliphatic heterocycles. The molecular weight excluding hydrogens is 376 g/mol. The fourth-order valence-electron chi connectivity index (χ4n) is 3.68. The van der Waals surface area contributed by atoms with Gasteiger partial charge in [-0.1, -0.05) is 78.9 Å². The molecule has 0 fully saturated rings. The Bertz CT molecular complexity index is 1070. The van der Waals surface area contributed by atoms with Crippen LogP contribution in [0.25, 0.3) is 10.8 Å². The average molecular weight is 401 g/mol. The molecule has 0 aliphatic carbocycles. The van der Waals surface area contributed by atoms with Crippen molar-refractivity contribution >= 4 is 28.0 Å². The number of nitrogens with one attached hydrogen (secondary N) is 2. The molecule has 3 aromatic carbocycles. The Morgan fingerprint density at radius 2 is 1.66 bits per heavy atom. The second kappa shape index (κ2) is 9.03. The molecular formula is C25H24N2OS. The molecule has 0 bridgehead atoms. The summed E-state index contributed by atoms with van der Waals surface area (Å²) in [6.07, 6.45) is 0. The van der Waals surface area contributed by atoms with Gasteiger partial charge in [0.25, 0.3) is 0 Å². The van der Waals surface area contributed by atoms with Gasteiger partial charge in [0.1, 0.15) is 0 Å². The van der Waals surface area contributed by atoms with Gasteiger partial charge >= 0.3 is 0 Å². The van der Waals surface area contributed by atoms with Crippen molar-refractivity contribution in [2.24, 2.45) is 0 Å². The number of carbonyl (C=O) groups is 1. The van der Waals surface area contributed by atoms with Crippen molar-refractivity contribution in [2.45, 2.75) is 19.0 Å². The van der Waals surface area contributed by atoms with Crippen molar-refractivity contribution in [1.29, 1.82) is 0 Å². The first kappa shape index (κ1) is 19.4. The fourth-order valence-corrected chi connectivity index (χ4v) is 4.50. The predicted octanol–water partition coefficient (Wildman–Crippen LogP) is 5.46. The summed E-state index contributed by atoms with van der Waals surface area (Å²) in [5, 5.41) is 11.0. The van der Waals surface area contributed by atoms with Crippen LogP contribution >= 0.6 is 11.3 Å². The predicted molar refractivity (Wildman–Crippen MR) is 121 cm³/mol. The van der Waals surface area contributed by atoms with Crippen LogP contribution in [0.15, 0.2) is 90.3 Å². The van der Waals surface area contributed by atoms with Gasteiger partial charge < -0.3 is 5.32 Å². The van der Waals surface area contributed by atoms with Gasteiger partial charge in [-0.25, -0.2) is 0 Å². The summed E-state index contributed by atoms with van der Waals surface area (Å²) in [5.74, 6) is -0.0112. The van der Waals surface area contributed by atoms with E-state index >= 15 is 0 Å². The first-order chi connectivity index (χ1) is 14.2. The standard InChI is InChI=1S/C25H24N2OS/c1-18(21-14-7-12-19-9-5-6-13-22(19)21)27-24(28)17-26-25(23-15-8-16-29-23)20-10-3-2-4-11-20/h2-16,18,25-26H,17H2,1H3,(H,27,28)/t18-,25+/m1/s1. The van der Waals surface area contributed by atoms with Gasteiger partial charge in [-0.15, -0.1) is 11.3 Å². The molecule has 0 radical (unpaired) electrons. The highest BCUT2D eigenvalue weighted by Crippen LogP contribution is 2.26. The van der Waals surface area contributed by atoms with Crippen molar-refractivity contribution in [1.82, 2.24) is 10.6 Å². The number of rotatable bonds is 7. The zero-order chi connectivity index (χ0) is 20.1. The third kappa shape index (κ3) is 4.56. The van der Waals surface area contributed by atoms with Crippen LogP contribution in [0.3, 0.4) is 0 Å². The molecule has 2 atom stereocenters. The van der Waals surface area contributed by atoms with E-state index in [2.05, 4.69) is 58.5 Å². The zero-order valence-electron chi connectivity index (χ0n) is 16.3. The lowest BCUT2D eigenvalue weighted by Crippen LogP contribution is -2.37. The molecule has 0 spiro atoms. The number of amides is 1. The summed E-state index contributed by atoms with van der Waals surface area (Å²) in [7, 11) is 0. The van der Waals surface area contributed by atoms with Gasteiger partial charge in [-0.3, -0.25) is 10.1 Å². The summed E-state index contributed by atoms with van der Waals surface area (Å²) in [5.41, 5.74) is 2.29. The zero-order valence-corrected chi connectivity index (χ0v) is 17.2. The molecule has 4 heteroatoms. The Hall–Kier alpha value is -2.95. The van der Waals surface area contributed by atoms with E-state index in [1.165, 1.54) is 15.6 Å². The molecule has 29 heavy (non-hydrogen) atoms. The topological polar surface area (TPSA) is 41.1 Å². The molecule has 0 aliphatic rings. The number of carbonyl (C=O) groups excluding carboxylic acids is 1. The minimum Gasteiger partial charge on any atom is -0.348 e. The van der Waals surface area contributed by atoms with Gasteiger partial charge in [-0.2, -0.15) is 0 Å². The summed E-state index contributed by atoms with van der Waals surface area (Å²) in [6, 6.07) is 28.8. The maximum atomic E-state index is 12.7. The van der Waals surface area contributed by atoms with Crippen LogP contribution in [-0.4, -0.2) is 12.5 Å². The Labute approximate surface area is 175 Å². The molecule has 3 nitrogen and oxygen atoms in total. The summed E-state index contributed by atoms with van der Waals surface area (Å²) < 4.78 is 0. The molecule has 0 saturated heterocycles. The van der Waals surface area contributed by atoms with Crippen LogP contribution < -0.4 is 10.6 Å². The number of benzene rings is 3.